The van der Waals surface area contributed by atoms with Crippen LogP contribution in [0.15, 0.2) is 53.3 Å². The summed E-state index contributed by atoms with van der Waals surface area (Å²) in [5, 5.41) is 0.984. The van der Waals surface area contributed by atoms with Crippen molar-refractivity contribution in [2.75, 3.05) is 13.1 Å². The van der Waals surface area contributed by atoms with Crippen LogP contribution in [-0.2, 0) is 9.53 Å². The number of hydrogen-bond donors (Lipinski definition) is 0. The van der Waals surface area contributed by atoms with Crippen molar-refractivity contribution in [2.45, 2.75) is 31.3 Å². The minimum Gasteiger partial charge on any atom is -0.488 e. The van der Waals surface area contributed by atoms with Gasteiger partial charge in [0, 0.05) is 35.9 Å². The van der Waals surface area contributed by atoms with Crippen LogP contribution in [0, 0.1) is 17.8 Å². The molecule has 0 amide bonds. The first-order valence-electron chi connectivity index (χ1n) is 11.0. The molecule has 0 N–H and O–H groups in total. The van der Waals surface area contributed by atoms with E-state index >= 15 is 0 Å². The van der Waals surface area contributed by atoms with Crippen LogP contribution < -0.4 is 4.74 Å². The van der Waals surface area contributed by atoms with E-state index in [0.717, 1.165) is 28.6 Å². The van der Waals surface area contributed by atoms with Gasteiger partial charge in [0.1, 0.15) is 17.4 Å². The number of carbonyl (C=O) groups is 1. The van der Waals surface area contributed by atoms with Crippen LogP contribution in [0.25, 0.3) is 22.2 Å². The van der Waals surface area contributed by atoms with Gasteiger partial charge in [0.05, 0.1) is 18.2 Å². The first kappa shape index (κ1) is 20.5. The van der Waals surface area contributed by atoms with Gasteiger partial charge in [0.2, 0.25) is 0 Å². The molecule has 4 bridgehead atoms. The molecule has 3 saturated heterocycles. The highest BCUT2D eigenvalue weighted by Gasteiger charge is 2.57. The smallest absolute Gasteiger partial charge is 0.488 e. The lowest BCUT2D eigenvalue weighted by atomic mass is 9.65. The molecule has 172 valence electrons. The van der Waals surface area contributed by atoms with E-state index in [9.17, 15) is 18.0 Å². The Morgan fingerprint density at radius 1 is 1.12 bits per heavy atom. The molecule has 9 heteroatoms. The Balaban J connectivity index is 1.20. The second-order valence-corrected chi connectivity index (χ2v) is 9.14. The summed E-state index contributed by atoms with van der Waals surface area (Å²) in [5.41, 5.74) is 2.52. The summed E-state index contributed by atoms with van der Waals surface area (Å²) in [5.74, 6) is -1.30. The van der Waals surface area contributed by atoms with Crippen molar-refractivity contribution in [3.63, 3.8) is 0 Å². The lowest BCUT2D eigenvalue weighted by Gasteiger charge is -2.58. The molecule has 6 atom stereocenters. The minimum atomic E-state index is -5.01. The number of hydrogen-bond acceptors (Lipinski definition) is 6. The van der Waals surface area contributed by atoms with Gasteiger partial charge in [-0.15, -0.1) is 0 Å². The van der Waals surface area contributed by atoms with Crippen LogP contribution in [0.4, 0.5) is 13.2 Å². The number of nitrogens with zero attached hydrogens (tertiary/aromatic N) is 2. The van der Waals surface area contributed by atoms with Gasteiger partial charge < -0.3 is 13.9 Å². The molecular formula is C24H21F3N2O4. The summed E-state index contributed by atoms with van der Waals surface area (Å²) in [7, 11) is 0. The number of fused-ring (bicyclic) bond motifs is 1. The fourth-order valence-corrected chi connectivity index (χ4v) is 5.75. The van der Waals surface area contributed by atoms with E-state index in [1.54, 1.807) is 12.5 Å². The molecule has 3 aliphatic heterocycles. The number of carbonyl (C=O) groups excluding carboxylic acids is 1. The molecule has 33 heavy (non-hydrogen) atoms. The highest BCUT2D eigenvalue weighted by Crippen LogP contribution is 2.48. The van der Waals surface area contributed by atoms with Crippen LogP contribution in [0.2, 0.25) is 0 Å². The molecule has 5 heterocycles. The average molecular weight is 458 g/mol. The molecule has 1 aliphatic carbocycles. The third kappa shape index (κ3) is 3.64. The number of furan rings is 1. The second-order valence-electron chi connectivity index (χ2n) is 9.14. The zero-order chi connectivity index (χ0) is 22.7. The van der Waals surface area contributed by atoms with E-state index < -0.39 is 18.4 Å². The number of halogens is 3. The Bertz CT molecular complexity index is 1190. The Hall–Kier alpha value is -3.07. The SMILES string of the molecule is O=C(OC1[C@@H]2CC3C[C@H](CN1C3)C2Oc1ccc(-c2ccc3occc3c2)nc1)C(F)(F)F. The van der Waals surface area contributed by atoms with Crippen LogP contribution in [0.1, 0.15) is 12.8 Å². The van der Waals surface area contributed by atoms with Gasteiger partial charge in [-0.05, 0) is 55.2 Å². The first-order valence-corrected chi connectivity index (χ1v) is 11.0. The number of benzene rings is 1. The molecule has 7 rings (SSSR count). The molecule has 0 spiro atoms. The van der Waals surface area contributed by atoms with Crippen molar-refractivity contribution in [3.05, 3.63) is 48.9 Å². The molecular weight excluding hydrogens is 437 g/mol. The fraction of sp³-hybridized carbons (Fsp3) is 0.417. The van der Waals surface area contributed by atoms with Crippen LogP contribution >= 0.6 is 0 Å². The van der Waals surface area contributed by atoms with Crippen LogP contribution in [0.3, 0.4) is 0 Å². The number of rotatable bonds is 4. The van der Waals surface area contributed by atoms with Crippen LogP contribution in [0.5, 0.6) is 5.75 Å². The summed E-state index contributed by atoms with van der Waals surface area (Å²) in [4.78, 5) is 17.9. The maximum Gasteiger partial charge on any atom is 0.490 e. The van der Waals surface area contributed by atoms with Gasteiger partial charge in [0.15, 0.2) is 6.23 Å². The number of piperidine rings is 3. The molecule has 1 saturated carbocycles. The Kier molecular flexibility index (Phi) is 4.65. The summed E-state index contributed by atoms with van der Waals surface area (Å²) >= 11 is 0. The summed E-state index contributed by atoms with van der Waals surface area (Å²) in [6.07, 6.45) is -1.32. The van der Waals surface area contributed by atoms with E-state index in [-0.39, 0.29) is 17.9 Å². The zero-order valence-electron chi connectivity index (χ0n) is 17.5. The molecule has 2 aromatic heterocycles. The van der Waals surface area contributed by atoms with Gasteiger partial charge in [-0.3, -0.25) is 9.88 Å². The van der Waals surface area contributed by atoms with Crippen molar-refractivity contribution in [2.24, 2.45) is 17.8 Å². The van der Waals surface area contributed by atoms with E-state index in [2.05, 4.69) is 4.98 Å². The Morgan fingerprint density at radius 3 is 2.79 bits per heavy atom. The third-order valence-corrected chi connectivity index (χ3v) is 7.03. The largest absolute Gasteiger partial charge is 0.490 e. The highest BCUT2D eigenvalue weighted by atomic mass is 19.4. The average Bonchev–Trinajstić information content (AvgIpc) is 3.26. The highest BCUT2D eigenvalue weighted by molar-refractivity contribution is 5.82. The first-order chi connectivity index (χ1) is 15.8. The third-order valence-electron chi connectivity index (χ3n) is 7.03. The molecule has 0 radical (unpaired) electrons. The lowest BCUT2D eigenvalue weighted by Crippen LogP contribution is -2.67. The quantitative estimate of drug-likeness (QED) is 0.531. The van der Waals surface area contributed by atoms with Gasteiger partial charge in [-0.25, -0.2) is 4.79 Å². The summed E-state index contributed by atoms with van der Waals surface area (Å²) < 4.78 is 55.0. The van der Waals surface area contributed by atoms with E-state index in [0.29, 0.717) is 31.2 Å². The molecule has 4 unspecified atom stereocenters. The van der Waals surface area contributed by atoms with Gasteiger partial charge in [-0.2, -0.15) is 13.2 Å². The Morgan fingerprint density at radius 2 is 2.00 bits per heavy atom. The van der Waals surface area contributed by atoms with Crippen molar-refractivity contribution < 1.29 is 31.9 Å². The van der Waals surface area contributed by atoms with Gasteiger partial charge in [-0.1, -0.05) is 0 Å². The topological polar surface area (TPSA) is 64.8 Å². The number of aromatic nitrogens is 1. The van der Waals surface area contributed by atoms with Crippen molar-refractivity contribution in [3.8, 4) is 17.0 Å². The van der Waals surface area contributed by atoms with Gasteiger partial charge >= 0.3 is 12.1 Å². The molecule has 6 nitrogen and oxygen atoms in total. The number of esters is 1. The minimum absolute atomic E-state index is 0.187. The normalized spacial score (nSPS) is 30.5. The number of ether oxygens (including phenoxy) is 2. The van der Waals surface area contributed by atoms with E-state index in [1.807, 2.05) is 41.3 Å². The van der Waals surface area contributed by atoms with Gasteiger partial charge in [0.25, 0.3) is 0 Å². The predicted octanol–water partition coefficient (Wildman–Crippen LogP) is 4.65. The number of alkyl halides is 3. The van der Waals surface area contributed by atoms with Crippen molar-refractivity contribution >= 4 is 16.9 Å². The summed E-state index contributed by atoms with van der Waals surface area (Å²) in [6, 6.07) is 11.4. The summed E-state index contributed by atoms with van der Waals surface area (Å²) in [6.45, 7) is 1.22. The zero-order valence-corrected chi connectivity index (χ0v) is 17.5. The number of pyridine rings is 1. The molecule has 3 aromatic rings. The van der Waals surface area contributed by atoms with E-state index in [1.165, 1.54) is 0 Å². The Labute approximate surface area is 187 Å². The maximum absolute atomic E-state index is 12.8. The lowest BCUT2D eigenvalue weighted by molar-refractivity contribution is -0.247. The monoisotopic (exact) mass is 458 g/mol. The van der Waals surface area contributed by atoms with Crippen molar-refractivity contribution in [1.82, 2.24) is 9.88 Å². The van der Waals surface area contributed by atoms with E-state index in [4.69, 9.17) is 13.9 Å². The second kappa shape index (κ2) is 7.48. The fourth-order valence-electron chi connectivity index (χ4n) is 5.75. The van der Waals surface area contributed by atoms with Crippen molar-refractivity contribution in [1.29, 1.82) is 0 Å². The molecule has 4 aliphatic rings. The maximum atomic E-state index is 12.8. The molecule has 4 fully saturated rings. The molecule has 1 aromatic carbocycles. The van der Waals surface area contributed by atoms with Crippen LogP contribution in [-0.4, -0.2) is 47.5 Å². The standard InChI is InChI=1S/C24H21F3N2O4/c25-24(26,27)23(30)33-22-18-8-13-7-16(12-29(22)11-13)21(18)32-17-2-3-19(28-10-17)14-1-4-20-15(9-14)5-6-31-20/h1-6,9-10,13,16,18,21-22H,7-8,11-12H2/t13?,16-,18-,21?,22?/m1/s1. The predicted molar refractivity (Wildman–Crippen MR) is 111 cm³/mol.